The molecule has 32 heavy (non-hydrogen) atoms. The number of aromatic hydroxyl groups is 1. The monoisotopic (exact) mass is 427 g/mol. The number of methoxy groups -OCH3 is 1. The minimum atomic E-state index is -0.0216. The Balaban J connectivity index is 1.39. The van der Waals surface area contributed by atoms with Gasteiger partial charge in [0.15, 0.2) is 11.5 Å². The van der Waals surface area contributed by atoms with E-state index in [1.807, 2.05) is 24.3 Å². The fourth-order valence-corrected chi connectivity index (χ4v) is 5.08. The number of hydrogen-bond donors (Lipinski definition) is 2. The number of aryl methyl sites for hydroxylation is 1. The van der Waals surface area contributed by atoms with E-state index in [9.17, 15) is 5.11 Å². The van der Waals surface area contributed by atoms with Gasteiger partial charge in [0.25, 0.3) is 0 Å². The van der Waals surface area contributed by atoms with Crippen LogP contribution in [0.5, 0.6) is 17.2 Å². The number of fused-ring (bicyclic) bond motifs is 3. The van der Waals surface area contributed by atoms with Crippen LogP contribution in [0.2, 0.25) is 0 Å². The van der Waals surface area contributed by atoms with E-state index in [4.69, 9.17) is 9.47 Å². The van der Waals surface area contributed by atoms with Crippen LogP contribution in [-0.4, -0.2) is 18.8 Å². The van der Waals surface area contributed by atoms with Gasteiger partial charge >= 0.3 is 0 Å². The zero-order valence-corrected chi connectivity index (χ0v) is 18.3. The molecule has 4 nitrogen and oxygen atoms in total. The Morgan fingerprint density at radius 1 is 0.938 bits per heavy atom. The summed E-state index contributed by atoms with van der Waals surface area (Å²) < 4.78 is 11.6. The van der Waals surface area contributed by atoms with Crippen molar-refractivity contribution in [2.75, 3.05) is 19.0 Å². The Bertz CT molecular complexity index is 1110. The van der Waals surface area contributed by atoms with Crippen molar-refractivity contribution in [2.24, 2.45) is 5.92 Å². The first-order valence-corrected chi connectivity index (χ1v) is 11.3. The highest BCUT2D eigenvalue weighted by Crippen LogP contribution is 2.53. The fourth-order valence-electron chi connectivity index (χ4n) is 5.08. The molecule has 164 valence electrons. The first-order chi connectivity index (χ1) is 15.8. The second kappa shape index (κ2) is 8.99. The standard InChI is InChI=1S/C28H29NO3/c1-31-25-17-7-15-23(28(25)30)26-21-13-5-12-20(21)22-14-6-16-24(27(22)29-26)32-18-8-11-19-9-3-2-4-10-19/h2-7,9-10,12,14-17,20-21,26,29-30H,8,11,13,18H2,1H3. The zero-order chi connectivity index (χ0) is 21.9. The molecule has 2 N–H and O–H groups in total. The summed E-state index contributed by atoms with van der Waals surface area (Å²) in [5.41, 5.74) is 4.50. The lowest BCUT2D eigenvalue weighted by Gasteiger charge is -2.38. The Kier molecular flexibility index (Phi) is 5.76. The molecule has 3 aromatic rings. The van der Waals surface area contributed by atoms with Crippen molar-refractivity contribution in [1.82, 2.24) is 0 Å². The summed E-state index contributed by atoms with van der Waals surface area (Å²) in [5, 5.41) is 14.6. The average Bonchev–Trinajstić information content (AvgIpc) is 3.33. The van der Waals surface area contributed by atoms with E-state index in [0.29, 0.717) is 24.2 Å². The number of hydrogen-bond acceptors (Lipinski definition) is 4. The van der Waals surface area contributed by atoms with E-state index in [1.165, 1.54) is 11.1 Å². The van der Waals surface area contributed by atoms with Crippen molar-refractivity contribution in [2.45, 2.75) is 31.2 Å². The summed E-state index contributed by atoms with van der Waals surface area (Å²) >= 11 is 0. The molecule has 2 aliphatic rings. The molecular formula is C28H29NO3. The van der Waals surface area contributed by atoms with Gasteiger partial charge in [0, 0.05) is 11.5 Å². The highest BCUT2D eigenvalue weighted by atomic mass is 16.5. The third-order valence-electron chi connectivity index (χ3n) is 6.65. The molecule has 0 spiro atoms. The van der Waals surface area contributed by atoms with Crippen LogP contribution in [0.1, 0.15) is 41.5 Å². The van der Waals surface area contributed by atoms with Crippen LogP contribution in [-0.2, 0) is 6.42 Å². The molecule has 0 amide bonds. The van der Waals surface area contributed by atoms with Crippen LogP contribution in [0.25, 0.3) is 0 Å². The minimum absolute atomic E-state index is 0.0216. The first kappa shape index (κ1) is 20.5. The lowest BCUT2D eigenvalue weighted by molar-refractivity contribution is 0.309. The quantitative estimate of drug-likeness (QED) is 0.346. The van der Waals surface area contributed by atoms with Crippen molar-refractivity contribution >= 4 is 5.69 Å². The van der Waals surface area contributed by atoms with E-state index in [0.717, 1.165) is 36.3 Å². The highest BCUT2D eigenvalue weighted by Gasteiger charge is 2.40. The van der Waals surface area contributed by atoms with Crippen LogP contribution in [0, 0.1) is 5.92 Å². The molecule has 3 aromatic carbocycles. The van der Waals surface area contributed by atoms with Gasteiger partial charge in [0.1, 0.15) is 5.75 Å². The smallest absolute Gasteiger partial charge is 0.163 e. The van der Waals surface area contributed by atoms with E-state index in [-0.39, 0.29) is 11.8 Å². The van der Waals surface area contributed by atoms with Gasteiger partial charge in [0.05, 0.1) is 25.4 Å². The minimum Gasteiger partial charge on any atom is -0.504 e. The molecule has 0 aromatic heterocycles. The van der Waals surface area contributed by atoms with Gasteiger partial charge in [-0.05, 0) is 48.4 Å². The second-order valence-corrected chi connectivity index (χ2v) is 8.53. The third-order valence-corrected chi connectivity index (χ3v) is 6.65. The number of rotatable bonds is 7. The molecule has 1 aliphatic heterocycles. The highest BCUT2D eigenvalue weighted by molar-refractivity contribution is 5.68. The molecule has 5 rings (SSSR count). The van der Waals surface area contributed by atoms with Gasteiger partial charge < -0.3 is 19.9 Å². The summed E-state index contributed by atoms with van der Waals surface area (Å²) in [4.78, 5) is 0. The van der Waals surface area contributed by atoms with Gasteiger partial charge in [-0.25, -0.2) is 0 Å². The zero-order valence-electron chi connectivity index (χ0n) is 18.3. The Morgan fingerprint density at radius 3 is 2.53 bits per heavy atom. The lowest BCUT2D eigenvalue weighted by Crippen LogP contribution is -2.29. The van der Waals surface area contributed by atoms with Crippen LogP contribution < -0.4 is 14.8 Å². The van der Waals surface area contributed by atoms with Gasteiger partial charge in [-0.15, -0.1) is 0 Å². The fraction of sp³-hybridized carbons (Fsp3) is 0.286. The molecule has 0 bridgehead atoms. The molecule has 0 radical (unpaired) electrons. The van der Waals surface area contributed by atoms with Gasteiger partial charge in [-0.1, -0.05) is 66.7 Å². The number of phenolic OH excluding ortho intramolecular Hbond substituents is 1. The Morgan fingerprint density at radius 2 is 1.72 bits per heavy atom. The maximum Gasteiger partial charge on any atom is 0.163 e. The molecule has 1 aliphatic carbocycles. The number of para-hydroxylation sites is 2. The summed E-state index contributed by atoms with van der Waals surface area (Å²) in [6.07, 6.45) is 7.48. The summed E-state index contributed by atoms with van der Waals surface area (Å²) in [5.74, 6) is 2.23. The molecule has 4 heteroatoms. The maximum absolute atomic E-state index is 10.8. The predicted octanol–water partition coefficient (Wildman–Crippen LogP) is 6.24. The second-order valence-electron chi connectivity index (χ2n) is 8.53. The molecular weight excluding hydrogens is 398 g/mol. The largest absolute Gasteiger partial charge is 0.504 e. The van der Waals surface area contributed by atoms with Crippen LogP contribution >= 0.6 is 0 Å². The van der Waals surface area contributed by atoms with Crippen LogP contribution in [0.15, 0.2) is 78.9 Å². The molecule has 1 heterocycles. The first-order valence-electron chi connectivity index (χ1n) is 11.3. The number of phenols is 1. The lowest BCUT2D eigenvalue weighted by atomic mass is 9.76. The van der Waals surface area contributed by atoms with Gasteiger partial charge in [0.2, 0.25) is 0 Å². The topological polar surface area (TPSA) is 50.7 Å². The Labute approximate surface area is 189 Å². The van der Waals surface area contributed by atoms with E-state index >= 15 is 0 Å². The van der Waals surface area contributed by atoms with E-state index < -0.39 is 0 Å². The maximum atomic E-state index is 10.8. The number of benzene rings is 3. The van der Waals surface area contributed by atoms with Gasteiger partial charge in [-0.3, -0.25) is 0 Å². The number of nitrogens with one attached hydrogen (secondary N) is 1. The average molecular weight is 428 g/mol. The van der Waals surface area contributed by atoms with Crippen molar-refractivity contribution in [3.63, 3.8) is 0 Å². The van der Waals surface area contributed by atoms with Crippen LogP contribution in [0.4, 0.5) is 5.69 Å². The molecule has 0 saturated carbocycles. The number of allylic oxidation sites excluding steroid dienone is 2. The van der Waals surface area contributed by atoms with Crippen LogP contribution in [0.3, 0.4) is 0 Å². The molecule has 0 saturated heterocycles. The van der Waals surface area contributed by atoms with Gasteiger partial charge in [-0.2, -0.15) is 0 Å². The SMILES string of the molecule is COc1cccc(C2Nc3c(OCCCc4ccccc4)cccc3C3C=CCC32)c1O. The predicted molar refractivity (Wildman–Crippen MR) is 128 cm³/mol. The van der Waals surface area contributed by atoms with Crippen molar-refractivity contribution in [3.8, 4) is 17.2 Å². The van der Waals surface area contributed by atoms with E-state index in [2.05, 4.69) is 53.9 Å². The molecule has 3 unspecified atom stereocenters. The summed E-state index contributed by atoms with van der Waals surface area (Å²) in [6, 6.07) is 22.5. The normalized spacial score (nSPS) is 20.8. The molecule has 0 fully saturated rings. The summed E-state index contributed by atoms with van der Waals surface area (Å²) in [6.45, 7) is 0.659. The van der Waals surface area contributed by atoms with Crippen molar-refractivity contribution < 1.29 is 14.6 Å². The van der Waals surface area contributed by atoms with Crippen molar-refractivity contribution in [1.29, 1.82) is 0 Å². The number of ether oxygens (including phenoxy) is 2. The number of anilines is 1. The molecule has 3 atom stereocenters. The Hall–Kier alpha value is -3.40. The third kappa shape index (κ3) is 3.81. The summed E-state index contributed by atoms with van der Waals surface area (Å²) in [7, 11) is 1.59. The van der Waals surface area contributed by atoms with Crippen molar-refractivity contribution in [3.05, 3.63) is 95.6 Å². The van der Waals surface area contributed by atoms with E-state index in [1.54, 1.807) is 13.2 Å².